The SMILES string of the molecule is COc1ccc(S(N)(=O)=O)cc1C(=O)OCC(=O)NCc1cccs1. The van der Waals surface area contributed by atoms with Gasteiger partial charge < -0.3 is 14.8 Å². The van der Waals surface area contributed by atoms with Crippen molar-refractivity contribution in [3.8, 4) is 5.75 Å². The summed E-state index contributed by atoms with van der Waals surface area (Å²) in [7, 11) is -2.67. The van der Waals surface area contributed by atoms with Gasteiger partial charge >= 0.3 is 5.97 Å². The molecule has 0 fully saturated rings. The van der Waals surface area contributed by atoms with Crippen LogP contribution in [0.1, 0.15) is 15.2 Å². The largest absolute Gasteiger partial charge is 0.496 e. The van der Waals surface area contributed by atoms with Gasteiger partial charge in [0.15, 0.2) is 6.61 Å². The highest BCUT2D eigenvalue weighted by atomic mass is 32.2. The molecular formula is C15H16N2O6S2. The molecule has 25 heavy (non-hydrogen) atoms. The molecule has 8 nitrogen and oxygen atoms in total. The number of nitrogens with one attached hydrogen (secondary N) is 1. The second-order valence-electron chi connectivity index (χ2n) is 4.84. The maximum atomic E-state index is 12.1. The van der Waals surface area contributed by atoms with Crippen LogP contribution in [0.3, 0.4) is 0 Å². The lowest BCUT2D eigenvalue weighted by Crippen LogP contribution is -2.28. The van der Waals surface area contributed by atoms with E-state index in [-0.39, 0.29) is 16.2 Å². The van der Waals surface area contributed by atoms with E-state index in [9.17, 15) is 18.0 Å². The number of nitrogens with two attached hydrogens (primary N) is 1. The Labute approximate surface area is 148 Å². The number of primary sulfonamides is 1. The van der Waals surface area contributed by atoms with Crippen LogP contribution in [0.15, 0.2) is 40.6 Å². The molecule has 1 amide bonds. The van der Waals surface area contributed by atoms with E-state index in [1.54, 1.807) is 0 Å². The quantitative estimate of drug-likeness (QED) is 0.683. The summed E-state index contributed by atoms with van der Waals surface area (Å²) >= 11 is 1.49. The summed E-state index contributed by atoms with van der Waals surface area (Å²) in [4.78, 5) is 24.5. The van der Waals surface area contributed by atoms with E-state index in [0.717, 1.165) is 10.9 Å². The highest BCUT2D eigenvalue weighted by molar-refractivity contribution is 7.89. The van der Waals surface area contributed by atoms with E-state index in [1.165, 1.54) is 30.6 Å². The molecule has 3 N–H and O–H groups in total. The Morgan fingerprint density at radius 2 is 2.04 bits per heavy atom. The lowest BCUT2D eigenvalue weighted by atomic mass is 10.2. The third kappa shape index (κ3) is 5.28. The summed E-state index contributed by atoms with van der Waals surface area (Å²) in [5, 5.41) is 9.53. The number of methoxy groups -OCH3 is 1. The second-order valence-corrected chi connectivity index (χ2v) is 7.43. The van der Waals surface area contributed by atoms with Crippen molar-refractivity contribution in [1.29, 1.82) is 0 Å². The first-order valence-corrected chi connectivity index (χ1v) is 9.41. The third-order valence-electron chi connectivity index (χ3n) is 3.09. The molecule has 0 aliphatic carbocycles. The summed E-state index contributed by atoms with van der Waals surface area (Å²) < 4.78 is 32.7. The Balaban J connectivity index is 2.01. The molecule has 2 aromatic rings. The Hall–Kier alpha value is -2.43. The molecule has 0 aliphatic rings. The number of carbonyl (C=O) groups is 2. The Bertz CT molecular complexity index is 862. The predicted octanol–water partition coefficient (Wildman–Crippen LogP) is 0.877. The standard InChI is InChI=1S/C15H16N2O6S2/c1-22-13-5-4-11(25(16,20)21)7-12(13)15(19)23-9-14(18)17-8-10-3-2-6-24-10/h2-7H,8-9H2,1H3,(H,17,18)(H2,16,20,21). The van der Waals surface area contributed by atoms with Crippen LogP contribution >= 0.6 is 11.3 Å². The number of benzene rings is 1. The third-order valence-corrected chi connectivity index (χ3v) is 4.88. The maximum Gasteiger partial charge on any atom is 0.342 e. The van der Waals surface area contributed by atoms with Crippen molar-refractivity contribution in [2.45, 2.75) is 11.4 Å². The second kappa shape index (κ2) is 8.10. The Morgan fingerprint density at radius 3 is 2.64 bits per heavy atom. The minimum absolute atomic E-state index is 0.108. The normalized spacial score (nSPS) is 11.0. The molecule has 0 atom stereocenters. The number of hydrogen-bond donors (Lipinski definition) is 2. The average molecular weight is 384 g/mol. The van der Waals surface area contributed by atoms with Crippen molar-refractivity contribution < 1.29 is 27.5 Å². The van der Waals surface area contributed by atoms with Gasteiger partial charge in [-0.15, -0.1) is 11.3 Å². The van der Waals surface area contributed by atoms with E-state index >= 15 is 0 Å². The van der Waals surface area contributed by atoms with Crippen LogP contribution in [0.2, 0.25) is 0 Å². The van der Waals surface area contributed by atoms with E-state index < -0.39 is 28.5 Å². The number of thiophene rings is 1. The Morgan fingerprint density at radius 1 is 1.28 bits per heavy atom. The minimum atomic E-state index is -3.99. The van der Waals surface area contributed by atoms with Crippen molar-refractivity contribution in [3.05, 3.63) is 46.2 Å². The van der Waals surface area contributed by atoms with Gasteiger partial charge in [-0.25, -0.2) is 18.4 Å². The Kier molecular flexibility index (Phi) is 6.12. The number of hydrogen-bond acceptors (Lipinski definition) is 7. The predicted molar refractivity (Wildman–Crippen MR) is 90.8 cm³/mol. The first-order chi connectivity index (χ1) is 11.8. The van der Waals surface area contributed by atoms with Gasteiger partial charge in [0.1, 0.15) is 11.3 Å². The molecule has 0 spiro atoms. The van der Waals surface area contributed by atoms with Crippen LogP contribution < -0.4 is 15.2 Å². The molecule has 134 valence electrons. The van der Waals surface area contributed by atoms with E-state index in [4.69, 9.17) is 14.6 Å². The number of ether oxygens (including phenoxy) is 2. The smallest absolute Gasteiger partial charge is 0.342 e. The topological polar surface area (TPSA) is 125 Å². The zero-order valence-corrected chi connectivity index (χ0v) is 14.9. The summed E-state index contributed by atoms with van der Waals surface area (Å²) in [5.74, 6) is -1.27. The van der Waals surface area contributed by atoms with Crippen molar-refractivity contribution in [3.63, 3.8) is 0 Å². The van der Waals surface area contributed by atoms with Crippen LogP contribution in [0.25, 0.3) is 0 Å². The fraction of sp³-hybridized carbons (Fsp3) is 0.200. The average Bonchev–Trinajstić information content (AvgIpc) is 3.09. The molecule has 0 bridgehead atoms. The maximum absolute atomic E-state index is 12.1. The fourth-order valence-electron chi connectivity index (χ4n) is 1.88. The monoisotopic (exact) mass is 384 g/mol. The van der Waals surface area contributed by atoms with Crippen LogP contribution in [0, 0.1) is 0 Å². The van der Waals surface area contributed by atoms with Crippen molar-refractivity contribution >= 4 is 33.2 Å². The fourth-order valence-corrected chi connectivity index (χ4v) is 3.07. The van der Waals surface area contributed by atoms with E-state index in [2.05, 4.69) is 5.32 Å². The molecule has 0 aliphatic heterocycles. The summed E-state index contributed by atoms with van der Waals surface area (Å²) in [6, 6.07) is 7.25. The van der Waals surface area contributed by atoms with Gasteiger partial charge in [0.05, 0.1) is 18.6 Å². The van der Waals surface area contributed by atoms with Gasteiger partial charge in [-0.2, -0.15) is 0 Å². The van der Waals surface area contributed by atoms with Gasteiger partial charge in [-0.1, -0.05) is 6.07 Å². The molecule has 0 unspecified atom stereocenters. The summed E-state index contributed by atoms with van der Waals surface area (Å²) in [6.45, 7) is -0.175. The van der Waals surface area contributed by atoms with Gasteiger partial charge in [0.25, 0.3) is 5.91 Å². The van der Waals surface area contributed by atoms with Crippen molar-refractivity contribution in [2.24, 2.45) is 5.14 Å². The minimum Gasteiger partial charge on any atom is -0.496 e. The lowest BCUT2D eigenvalue weighted by molar-refractivity contribution is -0.124. The first kappa shape index (κ1) is 18.9. The number of amides is 1. The number of carbonyl (C=O) groups excluding carboxylic acids is 2. The molecule has 0 radical (unpaired) electrons. The molecule has 2 rings (SSSR count). The van der Waals surface area contributed by atoms with Crippen LogP contribution in [0.5, 0.6) is 5.75 Å². The van der Waals surface area contributed by atoms with Gasteiger partial charge in [-0.05, 0) is 29.6 Å². The number of sulfonamides is 1. The molecule has 0 saturated heterocycles. The summed E-state index contributed by atoms with van der Waals surface area (Å²) in [6.07, 6.45) is 0. The number of rotatable bonds is 7. The van der Waals surface area contributed by atoms with Crippen LogP contribution in [-0.2, 0) is 26.1 Å². The van der Waals surface area contributed by atoms with Crippen molar-refractivity contribution in [1.82, 2.24) is 5.32 Å². The van der Waals surface area contributed by atoms with E-state index in [0.29, 0.717) is 6.54 Å². The molecule has 1 aromatic heterocycles. The highest BCUT2D eigenvalue weighted by Gasteiger charge is 2.19. The molecular weight excluding hydrogens is 368 g/mol. The van der Waals surface area contributed by atoms with Gasteiger partial charge in [0.2, 0.25) is 10.0 Å². The molecule has 10 heteroatoms. The van der Waals surface area contributed by atoms with Gasteiger partial charge in [0, 0.05) is 4.88 Å². The molecule has 0 saturated carbocycles. The highest BCUT2D eigenvalue weighted by Crippen LogP contribution is 2.22. The lowest BCUT2D eigenvalue weighted by Gasteiger charge is -2.10. The van der Waals surface area contributed by atoms with Gasteiger partial charge in [-0.3, -0.25) is 4.79 Å². The van der Waals surface area contributed by atoms with Crippen molar-refractivity contribution in [2.75, 3.05) is 13.7 Å². The van der Waals surface area contributed by atoms with E-state index in [1.807, 2.05) is 17.5 Å². The summed E-state index contributed by atoms with van der Waals surface area (Å²) in [5.41, 5.74) is -0.139. The zero-order chi connectivity index (χ0) is 18.4. The molecule has 1 aromatic carbocycles. The number of esters is 1. The van der Waals surface area contributed by atoms with Crippen LogP contribution in [0.4, 0.5) is 0 Å². The first-order valence-electron chi connectivity index (χ1n) is 6.98. The zero-order valence-electron chi connectivity index (χ0n) is 13.2. The van der Waals surface area contributed by atoms with Crippen LogP contribution in [-0.4, -0.2) is 34.0 Å². The molecule has 1 heterocycles.